The molecule has 0 amide bonds. The van der Waals surface area contributed by atoms with E-state index in [-0.39, 0.29) is 11.7 Å². The smallest absolute Gasteiger partial charge is 0.0783 e. The third-order valence-electron chi connectivity index (χ3n) is 5.80. The first-order valence-corrected chi connectivity index (χ1v) is 9.27. The van der Waals surface area contributed by atoms with Gasteiger partial charge in [0.25, 0.3) is 0 Å². The number of ether oxygens (including phenoxy) is 1. The number of aliphatic hydroxyl groups excluding tert-OH is 1. The van der Waals surface area contributed by atoms with Crippen LogP contribution in [-0.4, -0.2) is 83.5 Å². The minimum atomic E-state index is -0.163. The molecule has 1 N–H and O–H groups in total. The molecule has 0 aromatic carbocycles. The van der Waals surface area contributed by atoms with Gasteiger partial charge in [0.15, 0.2) is 0 Å². The Labute approximate surface area is 125 Å². The largest absolute Gasteiger partial charge is 0.391 e. The van der Waals surface area contributed by atoms with Crippen LogP contribution in [-0.2, 0) is 4.74 Å². The van der Waals surface area contributed by atoms with Crippen molar-refractivity contribution >= 4 is 11.8 Å². The highest BCUT2D eigenvalue weighted by Gasteiger charge is 2.46. The Bertz CT molecular complexity index is 354. The molecule has 114 valence electrons. The van der Waals surface area contributed by atoms with Gasteiger partial charge in [0, 0.05) is 51.1 Å². The summed E-state index contributed by atoms with van der Waals surface area (Å²) >= 11 is 2.02. The highest BCUT2D eigenvalue weighted by molar-refractivity contribution is 7.99. The van der Waals surface area contributed by atoms with Crippen molar-refractivity contribution < 1.29 is 9.84 Å². The van der Waals surface area contributed by atoms with Gasteiger partial charge in [-0.1, -0.05) is 0 Å². The summed E-state index contributed by atoms with van der Waals surface area (Å²) in [7, 11) is 0. The lowest BCUT2D eigenvalue weighted by atomic mass is 9.79. The summed E-state index contributed by atoms with van der Waals surface area (Å²) in [5.74, 6) is 2.80. The van der Waals surface area contributed by atoms with E-state index in [1.54, 1.807) is 0 Å². The minimum Gasteiger partial charge on any atom is -0.391 e. The standard InChI is InChI=1S/C15H26N2O2S/c18-14(13-10-16-3-5-17(13)6-4-16)12-1-7-19-15(9-12)2-8-20-11-15/h12-14,18H,1-11H2. The molecule has 5 heteroatoms. The molecule has 0 aromatic rings. The number of hydrogen-bond acceptors (Lipinski definition) is 5. The van der Waals surface area contributed by atoms with Crippen LogP contribution in [0.25, 0.3) is 0 Å². The molecule has 5 aliphatic rings. The van der Waals surface area contributed by atoms with Crippen LogP contribution < -0.4 is 0 Å². The van der Waals surface area contributed by atoms with Crippen molar-refractivity contribution in [3.63, 3.8) is 0 Å². The molecule has 4 atom stereocenters. The van der Waals surface area contributed by atoms with Crippen LogP contribution in [0.15, 0.2) is 0 Å². The van der Waals surface area contributed by atoms with Crippen molar-refractivity contribution in [1.29, 1.82) is 0 Å². The van der Waals surface area contributed by atoms with E-state index in [2.05, 4.69) is 9.80 Å². The summed E-state index contributed by atoms with van der Waals surface area (Å²) in [5.41, 5.74) is 0.0951. The summed E-state index contributed by atoms with van der Waals surface area (Å²) in [6.07, 6.45) is 3.13. The normalized spacial score (nSPS) is 49.6. The fraction of sp³-hybridized carbons (Fsp3) is 1.00. The topological polar surface area (TPSA) is 35.9 Å². The van der Waals surface area contributed by atoms with Gasteiger partial charge in [0.1, 0.15) is 0 Å². The van der Waals surface area contributed by atoms with E-state index in [0.29, 0.717) is 12.0 Å². The van der Waals surface area contributed by atoms with E-state index in [4.69, 9.17) is 4.74 Å². The molecule has 4 unspecified atom stereocenters. The van der Waals surface area contributed by atoms with Gasteiger partial charge in [-0.25, -0.2) is 0 Å². The van der Waals surface area contributed by atoms with Crippen molar-refractivity contribution in [1.82, 2.24) is 9.80 Å². The van der Waals surface area contributed by atoms with Crippen LogP contribution in [0.3, 0.4) is 0 Å². The lowest BCUT2D eigenvalue weighted by Crippen LogP contribution is -2.65. The van der Waals surface area contributed by atoms with Crippen molar-refractivity contribution in [3.05, 3.63) is 0 Å². The monoisotopic (exact) mass is 298 g/mol. The van der Waals surface area contributed by atoms with Crippen LogP contribution in [0.4, 0.5) is 0 Å². The second kappa shape index (κ2) is 5.43. The van der Waals surface area contributed by atoms with Crippen molar-refractivity contribution in [3.8, 4) is 0 Å². The molecule has 0 aromatic heterocycles. The number of nitrogens with zero attached hydrogens (tertiary/aromatic N) is 2. The van der Waals surface area contributed by atoms with Gasteiger partial charge >= 0.3 is 0 Å². The van der Waals surface area contributed by atoms with E-state index in [1.807, 2.05) is 11.8 Å². The van der Waals surface area contributed by atoms with E-state index in [9.17, 15) is 5.11 Å². The summed E-state index contributed by atoms with van der Waals surface area (Å²) in [5, 5.41) is 10.9. The van der Waals surface area contributed by atoms with Gasteiger partial charge in [0.2, 0.25) is 0 Å². The second-order valence-corrected chi connectivity index (χ2v) is 8.09. The Kier molecular flexibility index (Phi) is 3.75. The number of rotatable bonds is 2. The molecular formula is C15H26N2O2S. The molecule has 0 radical (unpaired) electrons. The number of thioether (sulfide) groups is 1. The average molecular weight is 298 g/mol. The summed E-state index contributed by atoms with van der Waals surface area (Å²) < 4.78 is 6.10. The summed E-state index contributed by atoms with van der Waals surface area (Å²) in [4.78, 5) is 5.05. The molecular weight excluding hydrogens is 272 g/mol. The van der Waals surface area contributed by atoms with Gasteiger partial charge in [-0.3, -0.25) is 9.80 Å². The first-order chi connectivity index (χ1) is 9.76. The fourth-order valence-corrected chi connectivity index (χ4v) is 5.89. The lowest BCUT2D eigenvalue weighted by molar-refractivity contribution is -0.126. The number of aliphatic hydroxyl groups is 1. The molecule has 20 heavy (non-hydrogen) atoms. The second-order valence-electron chi connectivity index (χ2n) is 6.98. The lowest BCUT2D eigenvalue weighted by Gasteiger charge is -2.51. The number of hydrogen-bond donors (Lipinski definition) is 1. The highest BCUT2D eigenvalue weighted by Crippen LogP contribution is 2.42. The van der Waals surface area contributed by atoms with Crippen LogP contribution in [0.2, 0.25) is 0 Å². The maximum atomic E-state index is 10.9. The first-order valence-electron chi connectivity index (χ1n) is 8.12. The number of piperazine rings is 3. The zero-order valence-corrected chi connectivity index (χ0v) is 13.0. The van der Waals surface area contributed by atoms with Crippen molar-refractivity contribution in [2.75, 3.05) is 50.8 Å². The quantitative estimate of drug-likeness (QED) is 0.810. The zero-order chi connectivity index (χ0) is 13.6. The highest BCUT2D eigenvalue weighted by atomic mass is 32.2. The van der Waals surface area contributed by atoms with Crippen molar-refractivity contribution in [2.45, 2.75) is 37.0 Å². The van der Waals surface area contributed by atoms with E-state index in [0.717, 1.165) is 44.8 Å². The summed E-state index contributed by atoms with van der Waals surface area (Å²) in [6, 6.07) is 0.367. The Morgan fingerprint density at radius 3 is 2.75 bits per heavy atom. The molecule has 1 spiro atoms. The fourth-order valence-electron chi connectivity index (χ4n) is 4.52. The molecule has 5 saturated heterocycles. The van der Waals surface area contributed by atoms with Crippen LogP contribution in [0, 0.1) is 5.92 Å². The molecule has 0 saturated carbocycles. The average Bonchev–Trinajstić information content (AvgIpc) is 2.95. The van der Waals surface area contributed by atoms with Gasteiger partial charge in [-0.05, 0) is 30.9 Å². The van der Waals surface area contributed by atoms with Gasteiger partial charge in [-0.15, -0.1) is 0 Å². The molecule has 4 nitrogen and oxygen atoms in total. The SMILES string of the molecule is OC(C1CCOC2(CCSC2)C1)C1CN2CCN1CC2. The maximum Gasteiger partial charge on any atom is 0.0783 e. The summed E-state index contributed by atoms with van der Waals surface area (Å²) in [6.45, 7) is 6.59. The predicted molar refractivity (Wildman–Crippen MR) is 81.2 cm³/mol. The molecule has 5 fully saturated rings. The molecule has 5 aliphatic heterocycles. The van der Waals surface area contributed by atoms with E-state index >= 15 is 0 Å². The van der Waals surface area contributed by atoms with Gasteiger partial charge in [-0.2, -0.15) is 11.8 Å². The Morgan fingerprint density at radius 1 is 1.25 bits per heavy atom. The van der Waals surface area contributed by atoms with E-state index < -0.39 is 0 Å². The first kappa shape index (κ1) is 13.8. The Morgan fingerprint density at radius 2 is 2.10 bits per heavy atom. The molecule has 2 bridgehead atoms. The van der Waals surface area contributed by atoms with Crippen LogP contribution in [0.5, 0.6) is 0 Å². The zero-order valence-electron chi connectivity index (χ0n) is 12.2. The van der Waals surface area contributed by atoms with Gasteiger partial charge in [0.05, 0.1) is 11.7 Å². The third-order valence-corrected chi connectivity index (χ3v) is 7.02. The maximum absolute atomic E-state index is 10.9. The molecule has 5 rings (SSSR count). The Balaban J connectivity index is 1.44. The van der Waals surface area contributed by atoms with Crippen molar-refractivity contribution in [2.24, 2.45) is 5.92 Å². The third kappa shape index (κ3) is 2.41. The van der Waals surface area contributed by atoms with Gasteiger partial charge < -0.3 is 9.84 Å². The van der Waals surface area contributed by atoms with Crippen LogP contribution >= 0.6 is 11.8 Å². The minimum absolute atomic E-state index is 0.0951. The number of fused-ring (bicyclic) bond motifs is 3. The van der Waals surface area contributed by atoms with E-state index in [1.165, 1.54) is 25.3 Å². The molecule has 0 aliphatic carbocycles. The predicted octanol–water partition coefficient (Wildman–Crippen LogP) is 0.649. The van der Waals surface area contributed by atoms with Crippen LogP contribution in [0.1, 0.15) is 19.3 Å². The Hall–Kier alpha value is 0.190. The molecule has 5 heterocycles.